The van der Waals surface area contributed by atoms with Crippen LogP contribution < -0.4 is 5.73 Å². The fourth-order valence-corrected chi connectivity index (χ4v) is 2.53. The molecule has 0 aliphatic carbocycles. The largest absolute Gasteiger partial charge is 0.387 e. The minimum atomic E-state index is -3.54. The first kappa shape index (κ1) is 12.7. The first-order valence-electron chi connectivity index (χ1n) is 4.70. The predicted molar refractivity (Wildman–Crippen MR) is 62.9 cm³/mol. The zero-order valence-electron chi connectivity index (χ0n) is 9.27. The highest BCUT2D eigenvalue weighted by atomic mass is 32.2. The van der Waals surface area contributed by atoms with Gasteiger partial charge in [-0.1, -0.05) is 12.1 Å². The maximum Gasteiger partial charge on any atom is 0.243 e. The highest BCUT2D eigenvalue weighted by Crippen LogP contribution is 2.14. The lowest BCUT2D eigenvalue weighted by molar-refractivity contribution is 0.504. The van der Waals surface area contributed by atoms with Crippen LogP contribution in [0.5, 0.6) is 0 Å². The molecule has 0 fully saturated rings. The Hall–Kier alpha value is -1.40. The normalized spacial score (nSPS) is 11.7. The van der Waals surface area contributed by atoms with Gasteiger partial charge in [-0.15, -0.1) is 0 Å². The molecule has 0 heterocycles. The van der Waals surface area contributed by atoms with Crippen molar-refractivity contribution in [3.63, 3.8) is 0 Å². The quantitative estimate of drug-likeness (QED) is 0.596. The molecule has 1 rings (SSSR count). The summed E-state index contributed by atoms with van der Waals surface area (Å²) >= 11 is 0. The number of benzene rings is 1. The van der Waals surface area contributed by atoms with Gasteiger partial charge >= 0.3 is 0 Å². The predicted octanol–water partition coefficient (Wildman–Crippen LogP) is 0.551. The number of amidine groups is 1. The topological polar surface area (TPSA) is 87.2 Å². The third-order valence-electron chi connectivity index (χ3n) is 2.09. The lowest BCUT2D eigenvalue weighted by Crippen LogP contribution is -2.35. The van der Waals surface area contributed by atoms with Gasteiger partial charge in [0.25, 0.3) is 0 Å². The van der Waals surface area contributed by atoms with Crippen molar-refractivity contribution in [1.82, 2.24) is 4.31 Å². The van der Waals surface area contributed by atoms with Crippen molar-refractivity contribution in [1.29, 1.82) is 5.41 Å². The zero-order chi connectivity index (χ0) is 12.3. The Morgan fingerprint density at radius 2 is 2.12 bits per heavy atom. The molecule has 0 spiro atoms. The van der Waals surface area contributed by atoms with Crippen LogP contribution in [-0.2, 0) is 10.0 Å². The molecular formula is C10H15N3O2S. The molecule has 1 aromatic carbocycles. The van der Waals surface area contributed by atoms with Crippen LogP contribution in [0.15, 0.2) is 29.2 Å². The smallest absolute Gasteiger partial charge is 0.243 e. The van der Waals surface area contributed by atoms with Crippen molar-refractivity contribution in [3.05, 3.63) is 29.8 Å². The molecule has 0 aromatic heterocycles. The molecule has 6 heteroatoms. The van der Waals surface area contributed by atoms with Crippen LogP contribution in [0.2, 0.25) is 0 Å². The highest BCUT2D eigenvalue weighted by Gasteiger charge is 2.20. The van der Waals surface area contributed by atoms with Crippen molar-refractivity contribution in [2.24, 2.45) is 5.73 Å². The summed E-state index contributed by atoms with van der Waals surface area (Å²) in [6.07, 6.45) is 0. The summed E-state index contributed by atoms with van der Waals surface area (Å²) in [5, 5.41) is 7.08. The molecule has 5 nitrogen and oxygen atoms in total. The number of nitrogens with one attached hydrogen (secondary N) is 1. The molecule has 0 aliphatic heterocycles. The van der Waals surface area contributed by atoms with Crippen LogP contribution in [0.25, 0.3) is 0 Å². The molecule has 0 unspecified atom stereocenters. The fourth-order valence-electron chi connectivity index (χ4n) is 1.28. The van der Waals surface area contributed by atoms with Gasteiger partial charge < -0.3 is 5.73 Å². The summed E-state index contributed by atoms with van der Waals surface area (Å²) < 4.78 is 25.0. The number of hydrogen-bond acceptors (Lipinski definition) is 3. The molecule has 0 atom stereocenters. The molecular weight excluding hydrogens is 226 g/mol. The summed E-state index contributed by atoms with van der Waals surface area (Å²) in [7, 11) is -2.14. The van der Waals surface area contributed by atoms with Crippen molar-refractivity contribution in [3.8, 4) is 0 Å². The van der Waals surface area contributed by atoms with E-state index in [0.717, 1.165) is 9.87 Å². The summed E-state index contributed by atoms with van der Waals surface area (Å²) in [5.41, 5.74) is 6.05. The zero-order valence-corrected chi connectivity index (χ0v) is 10.1. The van der Waals surface area contributed by atoms with E-state index in [1.165, 1.54) is 13.1 Å². The Bertz CT molecular complexity index is 497. The highest BCUT2D eigenvalue weighted by molar-refractivity contribution is 7.89. The second kappa shape index (κ2) is 4.63. The van der Waals surface area contributed by atoms with Gasteiger partial charge in [0.1, 0.15) is 5.84 Å². The van der Waals surface area contributed by atoms with E-state index in [-0.39, 0.29) is 17.3 Å². The summed E-state index contributed by atoms with van der Waals surface area (Å²) in [6, 6.07) is 6.62. The fraction of sp³-hybridized carbons (Fsp3) is 0.300. The van der Waals surface area contributed by atoms with Crippen LogP contribution in [0.4, 0.5) is 0 Å². The molecule has 0 saturated carbocycles. The monoisotopic (exact) mass is 241 g/mol. The maximum absolute atomic E-state index is 12.0. The Kier molecular flexibility index (Phi) is 3.66. The first-order valence-corrected chi connectivity index (χ1v) is 6.14. The molecule has 16 heavy (non-hydrogen) atoms. The van der Waals surface area contributed by atoms with Crippen LogP contribution in [-0.4, -0.2) is 32.2 Å². The molecule has 0 amide bonds. The Morgan fingerprint density at radius 3 is 2.62 bits per heavy atom. The molecule has 0 bridgehead atoms. The minimum absolute atomic E-state index is 0.101. The average molecular weight is 241 g/mol. The molecule has 0 saturated heterocycles. The number of aryl methyl sites for hydroxylation is 1. The lowest BCUT2D eigenvalue weighted by atomic mass is 10.2. The average Bonchev–Trinajstić information content (AvgIpc) is 2.16. The number of nitrogens with two attached hydrogens (primary N) is 1. The molecule has 0 aliphatic rings. The molecule has 3 N–H and O–H groups in total. The third kappa shape index (κ3) is 2.80. The van der Waals surface area contributed by atoms with Gasteiger partial charge in [0.15, 0.2) is 0 Å². The van der Waals surface area contributed by atoms with E-state index in [9.17, 15) is 8.42 Å². The second-order valence-electron chi connectivity index (χ2n) is 3.60. The Balaban J connectivity index is 3.07. The lowest BCUT2D eigenvalue weighted by Gasteiger charge is -2.16. The molecule has 88 valence electrons. The summed E-state index contributed by atoms with van der Waals surface area (Å²) in [5.74, 6) is -0.182. The van der Waals surface area contributed by atoms with E-state index in [4.69, 9.17) is 11.1 Å². The van der Waals surface area contributed by atoms with E-state index in [1.807, 2.05) is 13.0 Å². The van der Waals surface area contributed by atoms with Crippen molar-refractivity contribution in [2.45, 2.75) is 11.8 Å². The Labute approximate surface area is 95.4 Å². The number of sulfonamides is 1. The van der Waals surface area contributed by atoms with Gasteiger partial charge in [-0.25, -0.2) is 8.42 Å². The SMILES string of the molecule is Cc1cccc(S(=O)(=O)N(C)CC(=N)N)c1. The van der Waals surface area contributed by atoms with Gasteiger partial charge in [-0.2, -0.15) is 4.31 Å². The van der Waals surface area contributed by atoms with E-state index < -0.39 is 10.0 Å². The van der Waals surface area contributed by atoms with Gasteiger partial charge in [0.2, 0.25) is 10.0 Å². The van der Waals surface area contributed by atoms with Crippen molar-refractivity contribution >= 4 is 15.9 Å². The third-order valence-corrected chi connectivity index (χ3v) is 3.89. The van der Waals surface area contributed by atoms with Crippen LogP contribution in [0, 0.1) is 12.3 Å². The van der Waals surface area contributed by atoms with Gasteiger partial charge in [0.05, 0.1) is 11.4 Å². The van der Waals surface area contributed by atoms with Gasteiger partial charge in [0, 0.05) is 7.05 Å². The van der Waals surface area contributed by atoms with Gasteiger partial charge in [-0.3, -0.25) is 5.41 Å². The number of hydrogen-bond donors (Lipinski definition) is 2. The number of likely N-dealkylation sites (N-methyl/N-ethyl adjacent to an activating group) is 1. The standard InChI is InChI=1S/C10H15N3O2S/c1-8-4-3-5-9(6-8)16(14,15)13(2)7-10(11)12/h3-6H,7H2,1-2H3,(H3,11,12). The minimum Gasteiger partial charge on any atom is -0.387 e. The summed E-state index contributed by atoms with van der Waals surface area (Å²) in [4.78, 5) is 0.219. The van der Waals surface area contributed by atoms with Crippen LogP contribution in [0.3, 0.4) is 0 Å². The Morgan fingerprint density at radius 1 is 1.50 bits per heavy atom. The molecule has 1 aromatic rings. The van der Waals surface area contributed by atoms with Crippen LogP contribution in [0.1, 0.15) is 5.56 Å². The first-order chi connectivity index (χ1) is 7.34. The van der Waals surface area contributed by atoms with E-state index in [1.54, 1.807) is 12.1 Å². The van der Waals surface area contributed by atoms with Gasteiger partial charge in [-0.05, 0) is 24.6 Å². The van der Waals surface area contributed by atoms with Crippen molar-refractivity contribution in [2.75, 3.05) is 13.6 Å². The second-order valence-corrected chi connectivity index (χ2v) is 5.65. The molecule has 0 radical (unpaired) electrons. The van der Waals surface area contributed by atoms with Crippen molar-refractivity contribution < 1.29 is 8.42 Å². The van der Waals surface area contributed by atoms with Crippen LogP contribution >= 0.6 is 0 Å². The van der Waals surface area contributed by atoms with E-state index in [0.29, 0.717) is 0 Å². The maximum atomic E-state index is 12.0. The number of rotatable bonds is 4. The number of nitrogens with zero attached hydrogens (tertiary/aromatic N) is 1. The van der Waals surface area contributed by atoms with E-state index in [2.05, 4.69) is 0 Å². The van der Waals surface area contributed by atoms with E-state index >= 15 is 0 Å². The summed E-state index contributed by atoms with van der Waals surface area (Å²) in [6.45, 7) is 1.72.